The Hall–Kier alpha value is -5.27. The quantitative estimate of drug-likeness (QED) is 0.115. The molecule has 0 saturated carbocycles. The Balaban J connectivity index is 1.47. The van der Waals surface area contributed by atoms with Crippen LogP contribution in [0.25, 0.3) is 0 Å². The predicted molar refractivity (Wildman–Crippen MR) is 170 cm³/mol. The molecule has 3 atom stereocenters. The number of para-hydroxylation sites is 1. The van der Waals surface area contributed by atoms with Gasteiger partial charge in [0.15, 0.2) is 23.2 Å². The van der Waals surface area contributed by atoms with Gasteiger partial charge in [0.2, 0.25) is 23.4 Å². The molecular weight excluding hydrogens is 648 g/mol. The zero-order valence-electron chi connectivity index (χ0n) is 26.8. The molecule has 3 aromatic carbocycles. The van der Waals surface area contributed by atoms with Crippen molar-refractivity contribution in [2.75, 3.05) is 18.5 Å². The maximum atomic E-state index is 14.1. The molecule has 1 fully saturated rings. The van der Waals surface area contributed by atoms with Crippen molar-refractivity contribution in [2.24, 2.45) is 11.8 Å². The third kappa shape index (κ3) is 9.87. The highest BCUT2D eigenvalue weighted by Gasteiger charge is 2.34. The van der Waals surface area contributed by atoms with Gasteiger partial charge in [-0.2, -0.15) is 8.78 Å². The average Bonchev–Trinajstić information content (AvgIpc) is 3.47. The van der Waals surface area contributed by atoms with Crippen LogP contribution in [0.1, 0.15) is 44.2 Å². The summed E-state index contributed by atoms with van der Waals surface area (Å²) in [7, 11) is 0. The Morgan fingerprint density at radius 1 is 0.878 bits per heavy atom. The summed E-state index contributed by atoms with van der Waals surface area (Å²) in [5.74, 6) is -14.0. The number of ether oxygens (including phenoxy) is 1. The maximum Gasteiger partial charge on any atom is 0.313 e. The second-order valence-corrected chi connectivity index (χ2v) is 12.1. The summed E-state index contributed by atoms with van der Waals surface area (Å²) in [6, 6.07) is 13.6. The first kappa shape index (κ1) is 36.6. The van der Waals surface area contributed by atoms with Gasteiger partial charge in [0.05, 0.1) is 6.04 Å². The van der Waals surface area contributed by atoms with Crippen molar-refractivity contribution in [3.8, 4) is 5.75 Å². The number of benzene rings is 3. The van der Waals surface area contributed by atoms with Gasteiger partial charge in [0.1, 0.15) is 12.6 Å². The van der Waals surface area contributed by atoms with Crippen LogP contribution in [0.3, 0.4) is 0 Å². The molecule has 0 aliphatic carbocycles. The van der Waals surface area contributed by atoms with Crippen LogP contribution in [0.5, 0.6) is 5.75 Å². The van der Waals surface area contributed by atoms with Gasteiger partial charge in [0, 0.05) is 24.2 Å². The molecule has 10 nitrogen and oxygen atoms in total. The van der Waals surface area contributed by atoms with Gasteiger partial charge in [-0.05, 0) is 48.8 Å². The molecule has 3 aromatic rings. The average molecular weight is 685 g/mol. The molecule has 1 aliphatic heterocycles. The third-order valence-corrected chi connectivity index (χ3v) is 7.86. The van der Waals surface area contributed by atoms with Gasteiger partial charge < -0.3 is 26.0 Å². The fourth-order valence-corrected chi connectivity index (χ4v) is 5.34. The second kappa shape index (κ2) is 16.7. The van der Waals surface area contributed by atoms with E-state index in [9.17, 15) is 41.5 Å². The molecule has 0 bridgehead atoms. The highest BCUT2D eigenvalue weighted by Crippen LogP contribution is 2.27. The van der Waals surface area contributed by atoms with E-state index in [1.165, 1.54) is 0 Å². The van der Waals surface area contributed by atoms with Gasteiger partial charge in [-0.15, -0.1) is 0 Å². The van der Waals surface area contributed by atoms with Gasteiger partial charge in [0.25, 0.3) is 0 Å². The van der Waals surface area contributed by atoms with E-state index in [1.54, 1.807) is 38.1 Å². The van der Waals surface area contributed by atoms with E-state index in [0.29, 0.717) is 25.1 Å². The number of carbonyl (C=O) groups excluding carboxylic acids is 5. The van der Waals surface area contributed by atoms with Crippen LogP contribution >= 0.6 is 0 Å². The van der Waals surface area contributed by atoms with E-state index >= 15 is 0 Å². The van der Waals surface area contributed by atoms with Crippen molar-refractivity contribution in [3.05, 3.63) is 95.1 Å². The molecule has 1 aliphatic rings. The van der Waals surface area contributed by atoms with Gasteiger partial charge >= 0.3 is 11.8 Å². The summed E-state index contributed by atoms with van der Waals surface area (Å²) in [6.45, 7) is 2.70. The van der Waals surface area contributed by atoms with Crippen molar-refractivity contribution in [2.45, 2.75) is 51.6 Å². The molecular formula is C35H36F4N4O6. The third-order valence-electron chi connectivity index (χ3n) is 7.86. The SMILES string of the molecule is CC(C)C[C@H](NC(=O)C(=O)Nc1ccccc1Cc1ccccc1)C(=O)N[C@@H](C[C@@H]1CCNC1=O)C(=O)COc1c(F)c(F)cc(F)c1F. The lowest BCUT2D eigenvalue weighted by atomic mass is 9.95. The molecule has 0 unspecified atom stereocenters. The van der Waals surface area contributed by atoms with Crippen molar-refractivity contribution < 1.29 is 46.3 Å². The van der Waals surface area contributed by atoms with E-state index in [-0.39, 0.29) is 24.8 Å². The maximum absolute atomic E-state index is 14.1. The Morgan fingerprint density at radius 3 is 2.16 bits per heavy atom. The summed E-state index contributed by atoms with van der Waals surface area (Å²) < 4.78 is 60.4. The molecule has 4 amide bonds. The minimum Gasteiger partial charge on any atom is -0.479 e. The van der Waals surface area contributed by atoms with Crippen LogP contribution in [-0.4, -0.2) is 54.6 Å². The molecule has 4 N–H and O–H groups in total. The monoisotopic (exact) mass is 684 g/mol. The van der Waals surface area contributed by atoms with Crippen LogP contribution in [0.15, 0.2) is 60.7 Å². The molecule has 260 valence electrons. The normalized spacial score (nSPS) is 15.2. The lowest BCUT2D eigenvalue weighted by molar-refractivity contribution is -0.138. The lowest BCUT2D eigenvalue weighted by Gasteiger charge is -2.25. The Morgan fingerprint density at radius 2 is 1.53 bits per heavy atom. The van der Waals surface area contributed by atoms with Crippen LogP contribution in [0.4, 0.5) is 23.2 Å². The van der Waals surface area contributed by atoms with Crippen LogP contribution in [-0.2, 0) is 30.4 Å². The number of halogens is 4. The molecule has 0 aromatic heterocycles. The molecule has 14 heteroatoms. The minimum atomic E-state index is -1.86. The number of hydrogen-bond acceptors (Lipinski definition) is 6. The van der Waals surface area contributed by atoms with E-state index in [1.807, 2.05) is 30.3 Å². The van der Waals surface area contributed by atoms with Crippen LogP contribution in [0, 0.1) is 35.1 Å². The molecule has 1 saturated heterocycles. The number of hydrogen-bond donors (Lipinski definition) is 4. The molecule has 4 rings (SSSR count). The number of carbonyl (C=O) groups is 5. The second-order valence-electron chi connectivity index (χ2n) is 12.1. The number of rotatable bonds is 14. The Kier molecular flexibility index (Phi) is 12.5. The number of anilines is 1. The zero-order chi connectivity index (χ0) is 35.7. The Labute approximate surface area is 280 Å². The zero-order valence-corrected chi connectivity index (χ0v) is 26.8. The molecule has 0 radical (unpaired) electrons. The van der Waals surface area contributed by atoms with E-state index in [4.69, 9.17) is 4.74 Å². The van der Waals surface area contributed by atoms with Crippen molar-refractivity contribution in [1.29, 1.82) is 0 Å². The number of ketones is 1. The lowest BCUT2D eigenvalue weighted by Crippen LogP contribution is -2.54. The van der Waals surface area contributed by atoms with E-state index < -0.39 is 83.0 Å². The topological polar surface area (TPSA) is 143 Å². The summed E-state index contributed by atoms with van der Waals surface area (Å²) in [6.07, 6.45) is 0.581. The first-order valence-corrected chi connectivity index (χ1v) is 15.6. The highest BCUT2D eigenvalue weighted by molar-refractivity contribution is 6.40. The highest BCUT2D eigenvalue weighted by atomic mass is 19.2. The summed E-state index contributed by atoms with van der Waals surface area (Å²) in [4.78, 5) is 65.1. The first-order chi connectivity index (χ1) is 23.3. The summed E-state index contributed by atoms with van der Waals surface area (Å²) in [5, 5.41) is 10.0. The van der Waals surface area contributed by atoms with Crippen molar-refractivity contribution in [3.63, 3.8) is 0 Å². The van der Waals surface area contributed by atoms with E-state index in [2.05, 4.69) is 21.3 Å². The van der Waals surface area contributed by atoms with Gasteiger partial charge in [-0.1, -0.05) is 62.4 Å². The van der Waals surface area contributed by atoms with E-state index in [0.717, 1.165) is 11.1 Å². The first-order valence-electron chi connectivity index (χ1n) is 15.6. The molecule has 49 heavy (non-hydrogen) atoms. The standard InChI is InChI=1S/C35H36F4N4O6/c1-19(2)14-27(43-35(48)34(47)41-25-11-7-6-10-21(25)15-20-8-4-3-5-9-20)33(46)42-26(16-22-12-13-40-32(22)45)28(44)18-49-31-29(38)23(36)17-24(37)30(31)39/h3-11,17,19,22,26-27H,12-16,18H2,1-2H3,(H,40,45)(H,41,47)(H,42,46)(H,43,48)/t22-,26-,27-/m0/s1. The summed E-state index contributed by atoms with van der Waals surface area (Å²) in [5.41, 5.74) is 2.11. The molecule has 1 heterocycles. The Bertz CT molecular complexity index is 1680. The smallest absolute Gasteiger partial charge is 0.313 e. The predicted octanol–water partition coefficient (Wildman–Crippen LogP) is 3.96. The van der Waals surface area contributed by atoms with Gasteiger partial charge in [-0.3, -0.25) is 24.0 Å². The summed E-state index contributed by atoms with van der Waals surface area (Å²) >= 11 is 0. The van der Waals surface area contributed by atoms with Crippen molar-refractivity contribution >= 4 is 35.1 Å². The molecule has 0 spiro atoms. The van der Waals surface area contributed by atoms with Crippen molar-refractivity contribution in [1.82, 2.24) is 16.0 Å². The number of amides is 4. The number of nitrogens with one attached hydrogen (secondary N) is 4. The fourth-order valence-electron chi connectivity index (χ4n) is 5.34. The number of Topliss-reactive ketones (excluding diaryl/α,β-unsaturated/α-hetero) is 1. The fraction of sp³-hybridized carbons (Fsp3) is 0.343. The van der Waals surface area contributed by atoms with Crippen LogP contribution < -0.4 is 26.0 Å². The van der Waals surface area contributed by atoms with Gasteiger partial charge in [-0.25, -0.2) is 8.78 Å². The minimum absolute atomic E-state index is 0.0198. The largest absolute Gasteiger partial charge is 0.479 e. The van der Waals surface area contributed by atoms with Crippen LogP contribution in [0.2, 0.25) is 0 Å².